The zero-order valence-electron chi connectivity index (χ0n) is 9.58. The van der Waals surface area contributed by atoms with Crippen LogP contribution in [0.3, 0.4) is 0 Å². The number of nitrogens with two attached hydrogens (primary N) is 1. The maximum Gasteiger partial charge on any atom is 0.134 e. The number of benzene rings is 1. The lowest BCUT2D eigenvalue weighted by Gasteiger charge is -2.14. The molecule has 0 bridgehead atoms. The van der Waals surface area contributed by atoms with E-state index < -0.39 is 17.7 Å². The second kappa shape index (κ2) is 7.25. The van der Waals surface area contributed by atoms with Gasteiger partial charge in [-0.3, -0.25) is 0 Å². The molecule has 0 aliphatic carbocycles. The molecule has 2 N–H and O–H groups in total. The lowest BCUT2D eigenvalue weighted by Crippen LogP contribution is -2.14. The number of hydrogen-bond acceptors (Lipinski definition) is 2. The molecule has 0 unspecified atom stereocenters. The fraction of sp³-hybridized carbons (Fsp3) is 0.333. The zero-order valence-corrected chi connectivity index (χ0v) is 10.4. The number of methoxy groups -OCH3 is 1. The Morgan fingerprint density at radius 3 is 2.35 bits per heavy atom. The highest BCUT2D eigenvalue weighted by Crippen LogP contribution is 2.26. The van der Waals surface area contributed by atoms with Crippen LogP contribution >= 0.6 is 12.4 Å². The lowest BCUT2D eigenvalue weighted by atomic mass is 10.0. The van der Waals surface area contributed by atoms with Crippen molar-refractivity contribution in [3.05, 3.63) is 42.0 Å². The van der Waals surface area contributed by atoms with Crippen LogP contribution in [-0.4, -0.2) is 7.11 Å². The van der Waals surface area contributed by atoms with Gasteiger partial charge in [0.05, 0.1) is 7.11 Å². The van der Waals surface area contributed by atoms with Crippen LogP contribution < -0.4 is 10.5 Å². The van der Waals surface area contributed by atoms with Crippen LogP contribution in [-0.2, 0) is 0 Å². The molecular formula is C12H16ClF2NO. The van der Waals surface area contributed by atoms with E-state index in [1.807, 2.05) is 0 Å². The molecule has 0 aliphatic heterocycles. The maximum atomic E-state index is 13.5. The number of halogens is 3. The summed E-state index contributed by atoms with van der Waals surface area (Å²) in [5.74, 6) is -1.20. The van der Waals surface area contributed by atoms with Gasteiger partial charge < -0.3 is 10.5 Å². The van der Waals surface area contributed by atoms with Crippen molar-refractivity contribution < 1.29 is 13.5 Å². The van der Waals surface area contributed by atoms with E-state index in [1.165, 1.54) is 7.11 Å². The van der Waals surface area contributed by atoms with E-state index in [-0.39, 0.29) is 23.7 Å². The Labute approximate surface area is 106 Å². The van der Waals surface area contributed by atoms with Crippen molar-refractivity contribution in [1.82, 2.24) is 0 Å². The van der Waals surface area contributed by atoms with Gasteiger partial charge in [0.25, 0.3) is 0 Å². The fourth-order valence-electron chi connectivity index (χ4n) is 1.47. The van der Waals surface area contributed by atoms with Gasteiger partial charge in [-0.25, -0.2) is 8.78 Å². The van der Waals surface area contributed by atoms with Crippen molar-refractivity contribution in [1.29, 1.82) is 0 Å². The summed E-state index contributed by atoms with van der Waals surface area (Å²) in [6.45, 7) is 3.54. The van der Waals surface area contributed by atoms with Gasteiger partial charge in [0.2, 0.25) is 0 Å². The SMILES string of the molecule is C=CCC[C@@H](N)c1c(F)cc(OC)cc1F.Cl. The van der Waals surface area contributed by atoms with Gasteiger partial charge in [-0.15, -0.1) is 19.0 Å². The summed E-state index contributed by atoms with van der Waals surface area (Å²) < 4.78 is 31.9. The Kier molecular flexibility index (Phi) is 6.76. The highest BCUT2D eigenvalue weighted by Gasteiger charge is 2.17. The number of rotatable bonds is 5. The van der Waals surface area contributed by atoms with Crippen LogP contribution in [0.25, 0.3) is 0 Å². The fourth-order valence-corrected chi connectivity index (χ4v) is 1.47. The number of allylic oxidation sites excluding steroid dienone is 1. The second-order valence-corrected chi connectivity index (χ2v) is 3.48. The summed E-state index contributed by atoms with van der Waals surface area (Å²) in [6, 6.07) is 1.60. The second-order valence-electron chi connectivity index (χ2n) is 3.48. The minimum absolute atomic E-state index is 0. The van der Waals surface area contributed by atoms with Crippen molar-refractivity contribution in [3.8, 4) is 5.75 Å². The topological polar surface area (TPSA) is 35.2 Å². The molecule has 0 aliphatic rings. The van der Waals surface area contributed by atoms with Crippen LogP contribution in [0.2, 0.25) is 0 Å². The van der Waals surface area contributed by atoms with Gasteiger partial charge in [-0.05, 0) is 12.8 Å². The Hall–Kier alpha value is -1.13. The quantitative estimate of drug-likeness (QED) is 0.827. The molecule has 5 heteroatoms. The molecule has 0 saturated carbocycles. The molecule has 1 atom stereocenters. The predicted octanol–water partition coefficient (Wildman–Crippen LogP) is 3.36. The van der Waals surface area contributed by atoms with E-state index >= 15 is 0 Å². The Bertz CT molecular complexity index is 362. The van der Waals surface area contributed by atoms with Crippen LogP contribution in [0, 0.1) is 11.6 Å². The van der Waals surface area contributed by atoms with E-state index in [4.69, 9.17) is 10.5 Å². The average Bonchev–Trinajstić information content (AvgIpc) is 2.25. The van der Waals surface area contributed by atoms with E-state index in [2.05, 4.69) is 6.58 Å². The zero-order chi connectivity index (χ0) is 12.1. The monoisotopic (exact) mass is 263 g/mol. The molecule has 2 nitrogen and oxygen atoms in total. The van der Waals surface area contributed by atoms with E-state index in [1.54, 1.807) is 6.08 Å². The third-order valence-electron chi connectivity index (χ3n) is 2.34. The van der Waals surface area contributed by atoms with Gasteiger partial charge >= 0.3 is 0 Å². The van der Waals surface area contributed by atoms with Gasteiger partial charge in [-0.1, -0.05) is 6.08 Å². The average molecular weight is 264 g/mol. The van der Waals surface area contributed by atoms with Crippen molar-refractivity contribution in [2.24, 2.45) is 5.73 Å². The van der Waals surface area contributed by atoms with Crippen LogP contribution in [0.4, 0.5) is 8.78 Å². The molecule has 17 heavy (non-hydrogen) atoms. The normalized spacial score (nSPS) is 11.5. The summed E-state index contributed by atoms with van der Waals surface area (Å²) in [7, 11) is 1.35. The van der Waals surface area contributed by atoms with Gasteiger partial charge in [0, 0.05) is 23.7 Å². The van der Waals surface area contributed by atoms with Crippen LogP contribution in [0.5, 0.6) is 5.75 Å². The third kappa shape index (κ3) is 3.98. The first kappa shape index (κ1) is 15.9. The molecule has 0 aromatic heterocycles. The Morgan fingerprint density at radius 1 is 1.41 bits per heavy atom. The summed E-state index contributed by atoms with van der Waals surface area (Å²) >= 11 is 0. The van der Waals surface area contributed by atoms with Gasteiger partial charge in [0.1, 0.15) is 17.4 Å². The first-order valence-electron chi connectivity index (χ1n) is 4.99. The summed E-state index contributed by atoms with van der Waals surface area (Å²) in [6.07, 6.45) is 2.74. The molecule has 0 fully saturated rings. The first-order valence-corrected chi connectivity index (χ1v) is 4.99. The van der Waals surface area contributed by atoms with E-state index in [9.17, 15) is 8.78 Å². The van der Waals surface area contributed by atoms with Gasteiger partial charge in [0.15, 0.2) is 0 Å². The largest absolute Gasteiger partial charge is 0.497 e. The highest BCUT2D eigenvalue weighted by atomic mass is 35.5. The predicted molar refractivity (Wildman–Crippen MR) is 66.5 cm³/mol. The molecule has 1 aromatic carbocycles. The molecule has 0 spiro atoms. The summed E-state index contributed by atoms with van der Waals surface area (Å²) in [5.41, 5.74) is 5.61. The summed E-state index contributed by atoms with van der Waals surface area (Å²) in [4.78, 5) is 0. The molecule has 0 heterocycles. The first-order chi connectivity index (χ1) is 7.60. The Morgan fingerprint density at radius 2 is 1.94 bits per heavy atom. The van der Waals surface area contributed by atoms with Crippen molar-refractivity contribution >= 4 is 12.4 Å². The smallest absolute Gasteiger partial charge is 0.134 e. The molecule has 0 radical (unpaired) electrons. The molecular weight excluding hydrogens is 248 g/mol. The number of ether oxygens (including phenoxy) is 1. The standard InChI is InChI=1S/C12H15F2NO.ClH/c1-3-4-5-11(15)12-9(13)6-8(16-2)7-10(12)14;/h3,6-7,11H,1,4-5,15H2,2H3;1H/t11-;/m1./s1. The molecule has 0 saturated heterocycles. The van der Waals surface area contributed by atoms with Crippen molar-refractivity contribution in [3.63, 3.8) is 0 Å². The van der Waals surface area contributed by atoms with Gasteiger partial charge in [-0.2, -0.15) is 0 Å². The minimum Gasteiger partial charge on any atom is -0.497 e. The highest BCUT2D eigenvalue weighted by molar-refractivity contribution is 5.85. The minimum atomic E-state index is -0.673. The number of hydrogen-bond donors (Lipinski definition) is 1. The van der Waals surface area contributed by atoms with E-state index in [0.717, 1.165) is 12.1 Å². The molecule has 0 amide bonds. The summed E-state index contributed by atoms with van der Waals surface area (Å²) in [5, 5.41) is 0. The Balaban J connectivity index is 0.00000256. The van der Waals surface area contributed by atoms with E-state index in [0.29, 0.717) is 12.8 Å². The van der Waals surface area contributed by atoms with Crippen LogP contribution in [0.15, 0.2) is 24.8 Å². The maximum absolute atomic E-state index is 13.5. The molecule has 1 rings (SSSR count). The third-order valence-corrected chi connectivity index (χ3v) is 2.34. The van der Waals surface area contributed by atoms with Crippen molar-refractivity contribution in [2.75, 3.05) is 7.11 Å². The molecule has 1 aromatic rings. The lowest BCUT2D eigenvalue weighted by molar-refractivity contribution is 0.403. The van der Waals surface area contributed by atoms with Crippen LogP contribution in [0.1, 0.15) is 24.4 Å². The van der Waals surface area contributed by atoms with Crippen molar-refractivity contribution in [2.45, 2.75) is 18.9 Å². The molecule has 96 valence electrons.